The third-order valence-corrected chi connectivity index (χ3v) is 20.3. The summed E-state index contributed by atoms with van der Waals surface area (Å²) in [5.74, 6) is 0. The minimum absolute atomic E-state index is 0. The maximum Gasteiger partial charge on any atom is 0.344 e. The first-order chi connectivity index (χ1) is 10.4. The summed E-state index contributed by atoms with van der Waals surface area (Å²) >= 11 is 0. The molecule has 6 nitrogen and oxygen atoms in total. The van der Waals surface area contributed by atoms with E-state index in [4.69, 9.17) is 21.2 Å². The summed E-state index contributed by atoms with van der Waals surface area (Å²) in [6, 6.07) is 0.747. The van der Waals surface area contributed by atoms with Crippen LogP contribution in [0.4, 0.5) is 0 Å². The molecule has 30 heavy (non-hydrogen) atoms. The zero-order valence-electron chi connectivity index (χ0n) is 17.4. The normalized spacial score (nSPS) is 15.2. The average molecular weight is 527 g/mol. The SMILES string of the molecule is C.C.C.C.C.C.CC[Si](C)(O[Si](C)(C)O)O[Si](C)(COC)O[Si](C)(C)O[Si](C)(C)C. The van der Waals surface area contributed by atoms with Crippen LogP contribution in [-0.4, -0.2) is 60.7 Å². The van der Waals surface area contributed by atoms with Gasteiger partial charge < -0.3 is 26.0 Å². The molecule has 0 bridgehead atoms. The number of hydrogen-bond acceptors (Lipinski definition) is 6. The van der Waals surface area contributed by atoms with E-state index >= 15 is 0 Å². The van der Waals surface area contributed by atoms with Gasteiger partial charge in [-0.05, 0) is 65.0 Å². The smallest absolute Gasteiger partial charge is 0.344 e. The lowest BCUT2D eigenvalue weighted by molar-refractivity contribution is 0.190. The molecular formula is C19H62O6Si5. The van der Waals surface area contributed by atoms with Crippen molar-refractivity contribution in [3.05, 3.63) is 0 Å². The van der Waals surface area contributed by atoms with Crippen LogP contribution < -0.4 is 0 Å². The van der Waals surface area contributed by atoms with Crippen LogP contribution in [-0.2, 0) is 21.2 Å². The lowest BCUT2D eigenvalue weighted by Crippen LogP contribution is -2.62. The molecule has 0 spiro atoms. The van der Waals surface area contributed by atoms with Crippen molar-refractivity contribution < 1.29 is 26.0 Å². The fourth-order valence-corrected chi connectivity index (χ4v) is 24.5. The van der Waals surface area contributed by atoms with Gasteiger partial charge in [0.2, 0.25) is 0 Å². The second kappa shape index (κ2) is 17.3. The Morgan fingerprint density at radius 3 is 1.27 bits per heavy atom. The Morgan fingerprint density at radius 2 is 1.00 bits per heavy atom. The summed E-state index contributed by atoms with van der Waals surface area (Å²) in [7, 11) is -10.3. The molecular weight excluding hydrogens is 465 g/mol. The number of methoxy groups -OCH3 is 1. The number of ether oxygens (including phenoxy) is 1. The molecule has 2 atom stereocenters. The Hall–Kier alpha value is 0.844. The van der Waals surface area contributed by atoms with Gasteiger partial charge in [-0.2, -0.15) is 0 Å². The van der Waals surface area contributed by atoms with E-state index < -0.39 is 42.6 Å². The fourth-order valence-electron chi connectivity index (χ4n) is 2.77. The first-order valence-corrected chi connectivity index (χ1v) is 22.6. The molecule has 0 saturated carbocycles. The van der Waals surface area contributed by atoms with E-state index in [1.807, 2.05) is 20.0 Å². The lowest BCUT2D eigenvalue weighted by atomic mass is 11.0. The van der Waals surface area contributed by atoms with Gasteiger partial charge in [-0.3, -0.25) is 0 Å². The number of hydrogen-bond donors (Lipinski definition) is 1. The van der Waals surface area contributed by atoms with E-state index in [1.165, 1.54) is 0 Å². The predicted octanol–water partition coefficient (Wildman–Crippen LogP) is 7.45. The van der Waals surface area contributed by atoms with Gasteiger partial charge >= 0.3 is 34.2 Å². The summed E-state index contributed by atoms with van der Waals surface area (Å²) in [6.07, 6.45) is 0.415. The van der Waals surface area contributed by atoms with E-state index in [-0.39, 0.29) is 44.6 Å². The van der Waals surface area contributed by atoms with E-state index in [0.717, 1.165) is 6.04 Å². The topological polar surface area (TPSA) is 66.4 Å². The predicted molar refractivity (Wildman–Crippen MR) is 151 cm³/mol. The summed E-state index contributed by atoms with van der Waals surface area (Å²) in [6.45, 7) is 20.2. The quantitative estimate of drug-likeness (QED) is 0.282. The molecule has 0 aromatic heterocycles. The molecule has 0 aliphatic carbocycles. The molecule has 0 radical (unpaired) electrons. The highest BCUT2D eigenvalue weighted by Gasteiger charge is 2.49. The van der Waals surface area contributed by atoms with E-state index in [9.17, 15) is 4.80 Å². The third-order valence-electron chi connectivity index (χ3n) is 2.96. The molecule has 194 valence electrons. The van der Waals surface area contributed by atoms with E-state index in [2.05, 4.69) is 32.7 Å². The fraction of sp³-hybridized carbons (Fsp3) is 1.00. The molecule has 0 aliphatic rings. The Labute approximate surface area is 198 Å². The largest absolute Gasteiger partial charge is 0.437 e. The van der Waals surface area contributed by atoms with Crippen LogP contribution >= 0.6 is 0 Å². The zero-order valence-corrected chi connectivity index (χ0v) is 22.4. The molecule has 2 unspecified atom stereocenters. The van der Waals surface area contributed by atoms with Gasteiger partial charge in [0, 0.05) is 7.11 Å². The molecule has 1 N–H and O–H groups in total. The van der Waals surface area contributed by atoms with Gasteiger partial charge in [0.15, 0.2) is 8.32 Å². The monoisotopic (exact) mass is 526 g/mol. The molecule has 11 heteroatoms. The van der Waals surface area contributed by atoms with Crippen LogP contribution in [0.1, 0.15) is 51.5 Å². The molecule has 0 aromatic rings. The average Bonchev–Trinajstić information content (AvgIpc) is 2.20. The van der Waals surface area contributed by atoms with E-state index in [0.29, 0.717) is 6.23 Å². The van der Waals surface area contributed by atoms with Crippen molar-refractivity contribution in [2.45, 2.75) is 116 Å². The van der Waals surface area contributed by atoms with Gasteiger partial charge in [-0.15, -0.1) is 0 Å². The van der Waals surface area contributed by atoms with Crippen molar-refractivity contribution in [1.82, 2.24) is 0 Å². The minimum Gasteiger partial charge on any atom is -0.437 e. The highest BCUT2D eigenvalue weighted by Crippen LogP contribution is 2.27. The molecule has 0 rings (SSSR count). The molecule has 0 amide bonds. The van der Waals surface area contributed by atoms with Gasteiger partial charge in [-0.1, -0.05) is 51.5 Å². The summed E-state index contributed by atoms with van der Waals surface area (Å²) in [5.41, 5.74) is 0. The van der Waals surface area contributed by atoms with E-state index in [1.54, 1.807) is 20.2 Å². The second-order valence-corrected chi connectivity index (χ2v) is 27.1. The van der Waals surface area contributed by atoms with Crippen molar-refractivity contribution in [3.63, 3.8) is 0 Å². The van der Waals surface area contributed by atoms with Gasteiger partial charge in [-0.25, -0.2) is 0 Å². The van der Waals surface area contributed by atoms with Crippen LogP contribution in [0, 0.1) is 0 Å². The van der Waals surface area contributed by atoms with Crippen LogP contribution in [0.25, 0.3) is 0 Å². The van der Waals surface area contributed by atoms with Crippen LogP contribution in [0.2, 0.25) is 65.0 Å². The minimum atomic E-state index is -2.68. The van der Waals surface area contributed by atoms with Crippen LogP contribution in [0.3, 0.4) is 0 Å². The molecule has 0 aromatic carbocycles. The highest BCUT2D eigenvalue weighted by atomic mass is 28.5. The van der Waals surface area contributed by atoms with Crippen LogP contribution in [0.5, 0.6) is 0 Å². The Morgan fingerprint density at radius 1 is 0.600 bits per heavy atom. The maximum atomic E-state index is 10.2. The van der Waals surface area contributed by atoms with Crippen molar-refractivity contribution in [1.29, 1.82) is 0 Å². The Kier molecular flexibility index (Phi) is 27.9. The molecule has 0 heterocycles. The van der Waals surface area contributed by atoms with Crippen molar-refractivity contribution in [2.24, 2.45) is 0 Å². The molecule has 0 aliphatic heterocycles. The summed E-state index contributed by atoms with van der Waals surface area (Å²) < 4.78 is 30.7. The molecule has 0 fully saturated rings. The van der Waals surface area contributed by atoms with Gasteiger partial charge in [0.05, 0.1) is 6.23 Å². The van der Waals surface area contributed by atoms with Crippen molar-refractivity contribution in [2.75, 3.05) is 13.3 Å². The van der Waals surface area contributed by atoms with Crippen molar-refractivity contribution >= 4 is 42.6 Å². The Bertz CT molecular complexity index is 402. The standard InChI is InChI=1S/C13H38O6Si5.6CH4/c1-12-23(10,17-21(6,7)14)19-24(11,13-15-2)18-22(8,9)16-20(3,4)5;;;;;;/h14H,12-13H2,1-11H3;6*1H4. The first-order valence-electron chi connectivity index (χ1n) is 8.47. The maximum absolute atomic E-state index is 10.2. The number of rotatable bonds is 11. The lowest BCUT2D eigenvalue weighted by Gasteiger charge is -2.43. The first kappa shape index (κ1) is 48.3. The summed E-state index contributed by atoms with van der Waals surface area (Å²) in [5, 5.41) is 0. The highest BCUT2D eigenvalue weighted by molar-refractivity contribution is 6.90. The van der Waals surface area contributed by atoms with Crippen molar-refractivity contribution in [3.8, 4) is 0 Å². The second-order valence-electron chi connectivity index (χ2n) is 8.42. The van der Waals surface area contributed by atoms with Gasteiger partial charge in [0.1, 0.15) is 0 Å². The Balaban J connectivity index is -0.000000176. The summed E-state index contributed by atoms with van der Waals surface area (Å²) in [4.78, 5) is 10.2. The van der Waals surface area contributed by atoms with Gasteiger partial charge in [0.25, 0.3) is 0 Å². The zero-order chi connectivity index (χ0) is 19.4. The van der Waals surface area contributed by atoms with Crippen LogP contribution in [0.15, 0.2) is 0 Å². The third kappa shape index (κ3) is 22.1. The molecule has 0 saturated heterocycles.